The van der Waals surface area contributed by atoms with Crippen molar-refractivity contribution in [1.82, 2.24) is 20.2 Å². The molecule has 0 bridgehead atoms. The lowest BCUT2D eigenvalue weighted by Crippen LogP contribution is -2.08. The number of nitrogens with zero attached hydrogens (tertiary/aromatic N) is 3. The highest BCUT2D eigenvalue weighted by Gasteiger charge is 2.08. The largest absolute Gasteiger partial charge is 0.369 e. The Kier molecular flexibility index (Phi) is 3.87. The van der Waals surface area contributed by atoms with Crippen molar-refractivity contribution < 1.29 is 0 Å². The molecule has 0 fully saturated rings. The molecule has 7 heteroatoms. The Bertz CT molecular complexity index is 737. The lowest BCUT2D eigenvalue weighted by Gasteiger charge is -2.08. The second-order valence-corrected chi connectivity index (χ2v) is 5.02. The third-order valence-corrected chi connectivity index (χ3v) is 3.40. The van der Waals surface area contributed by atoms with Crippen LogP contribution in [0.1, 0.15) is 5.56 Å². The molecule has 108 valence electrons. The zero-order valence-electron chi connectivity index (χ0n) is 11.5. The second kappa shape index (κ2) is 5.97. The van der Waals surface area contributed by atoms with Crippen LogP contribution in [-0.2, 0) is 6.42 Å². The fourth-order valence-electron chi connectivity index (χ4n) is 2.06. The van der Waals surface area contributed by atoms with E-state index in [0.717, 1.165) is 29.2 Å². The number of hydrogen-bond donors (Lipinski definition) is 3. The summed E-state index contributed by atoms with van der Waals surface area (Å²) >= 11 is 5.88. The highest BCUT2D eigenvalue weighted by atomic mass is 35.5. The molecule has 6 nitrogen and oxygen atoms in total. The van der Waals surface area contributed by atoms with Crippen LogP contribution in [-0.4, -0.2) is 33.8 Å². The monoisotopic (exact) mass is 302 g/mol. The Morgan fingerprint density at radius 3 is 2.76 bits per heavy atom. The van der Waals surface area contributed by atoms with E-state index < -0.39 is 0 Å². The summed E-state index contributed by atoms with van der Waals surface area (Å²) in [6, 6.07) is 7.84. The number of anilines is 2. The summed E-state index contributed by atoms with van der Waals surface area (Å²) in [6.45, 7) is 0.766. The van der Waals surface area contributed by atoms with Gasteiger partial charge < -0.3 is 10.6 Å². The maximum Gasteiger partial charge on any atom is 0.226 e. The number of aromatic nitrogens is 4. The summed E-state index contributed by atoms with van der Waals surface area (Å²) in [5.74, 6) is 1.33. The summed E-state index contributed by atoms with van der Waals surface area (Å²) in [5, 5.41) is 14.8. The van der Waals surface area contributed by atoms with Gasteiger partial charge in [-0.25, -0.2) is 0 Å². The fourth-order valence-corrected chi connectivity index (χ4v) is 2.18. The van der Waals surface area contributed by atoms with Crippen molar-refractivity contribution in [3.05, 3.63) is 41.0 Å². The van der Waals surface area contributed by atoms with E-state index in [1.165, 1.54) is 5.56 Å². The van der Waals surface area contributed by atoms with E-state index in [0.29, 0.717) is 11.6 Å². The first-order chi connectivity index (χ1) is 10.3. The molecule has 3 aromatic rings. The zero-order valence-corrected chi connectivity index (χ0v) is 12.3. The smallest absolute Gasteiger partial charge is 0.226 e. The summed E-state index contributed by atoms with van der Waals surface area (Å²) in [5.41, 5.74) is 1.93. The lowest BCUT2D eigenvalue weighted by molar-refractivity contribution is 1.01. The molecule has 0 amide bonds. The standard InChI is InChI=1S/C14H15ClN6/c1-16-14-19-12(11-8-18-21-13(11)20-14)17-7-6-9-2-4-10(15)5-3-9/h2-5,8H,6-7H2,1H3,(H3,16,17,18,19,20,21). The van der Waals surface area contributed by atoms with Gasteiger partial charge in [-0.15, -0.1) is 0 Å². The summed E-state index contributed by atoms with van der Waals surface area (Å²) < 4.78 is 0. The molecule has 0 aliphatic carbocycles. The van der Waals surface area contributed by atoms with E-state index in [1.54, 1.807) is 13.2 Å². The SMILES string of the molecule is CNc1nc(NCCc2ccc(Cl)cc2)c2cn[nH]c2n1. The number of hydrogen-bond acceptors (Lipinski definition) is 5. The van der Waals surface area contributed by atoms with Gasteiger partial charge in [0, 0.05) is 18.6 Å². The predicted octanol–water partition coefficient (Wildman–Crippen LogP) is 2.70. The molecule has 0 saturated carbocycles. The van der Waals surface area contributed by atoms with Gasteiger partial charge in [0.2, 0.25) is 5.95 Å². The van der Waals surface area contributed by atoms with Crippen molar-refractivity contribution in [2.24, 2.45) is 0 Å². The predicted molar refractivity (Wildman–Crippen MR) is 84.9 cm³/mol. The molecular weight excluding hydrogens is 288 g/mol. The second-order valence-electron chi connectivity index (χ2n) is 4.58. The highest BCUT2D eigenvalue weighted by molar-refractivity contribution is 6.30. The normalized spacial score (nSPS) is 10.8. The molecule has 0 atom stereocenters. The van der Waals surface area contributed by atoms with Crippen LogP contribution >= 0.6 is 11.6 Å². The maximum atomic E-state index is 5.88. The molecule has 0 unspecified atom stereocenters. The van der Waals surface area contributed by atoms with Gasteiger partial charge in [0.25, 0.3) is 0 Å². The molecule has 0 aliphatic rings. The summed E-state index contributed by atoms with van der Waals surface area (Å²) in [6.07, 6.45) is 2.61. The van der Waals surface area contributed by atoms with Gasteiger partial charge in [-0.2, -0.15) is 15.1 Å². The molecule has 3 N–H and O–H groups in total. The molecule has 3 rings (SSSR count). The Morgan fingerprint density at radius 2 is 2.00 bits per heavy atom. The number of nitrogens with one attached hydrogen (secondary N) is 3. The summed E-state index contributed by atoms with van der Waals surface area (Å²) in [7, 11) is 1.79. The van der Waals surface area contributed by atoms with E-state index in [1.807, 2.05) is 24.3 Å². The molecule has 0 radical (unpaired) electrons. The molecular formula is C14H15ClN6. The Labute approximate surface area is 127 Å². The van der Waals surface area contributed by atoms with Crippen molar-refractivity contribution in [2.75, 3.05) is 24.2 Å². The number of H-pyrrole nitrogens is 1. The molecule has 21 heavy (non-hydrogen) atoms. The first kappa shape index (κ1) is 13.6. The molecule has 0 aliphatic heterocycles. The van der Waals surface area contributed by atoms with E-state index in [2.05, 4.69) is 30.8 Å². The van der Waals surface area contributed by atoms with Crippen LogP contribution in [0, 0.1) is 0 Å². The fraction of sp³-hybridized carbons (Fsp3) is 0.214. The van der Waals surface area contributed by atoms with Gasteiger partial charge in [0.15, 0.2) is 5.65 Å². The van der Waals surface area contributed by atoms with Crippen LogP contribution in [0.15, 0.2) is 30.5 Å². The van der Waals surface area contributed by atoms with Crippen molar-refractivity contribution in [1.29, 1.82) is 0 Å². The average molecular weight is 303 g/mol. The van der Waals surface area contributed by atoms with E-state index in [4.69, 9.17) is 11.6 Å². The van der Waals surface area contributed by atoms with Gasteiger partial charge in [-0.05, 0) is 24.1 Å². The lowest BCUT2D eigenvalue weighted by atomic mass is 10.1. The molecule has 2 aromatic heterocycles. The Morgan fingerprint density at radius 1 is 1.19 bits per heavy atom. The first-order valence-corrected chi connectivity index (χ1v) is 7.01. The number of halogens is 1. The highest BCUT2D eigenvalue weighted by Crippen LogP contribution is 2.19. The summed E-state index contributed by atoms with van der Waals surface area (Å²) in [4.78, 5) is 8.72. The van der Waals surface area contributed by atoms with Crippen LogP contribution in [0.2, 0.25) is 5.02 Å². The zero-order chi connectivity index (χ0) is 14.7. The minimum absolute atomic E-state index is 0.556. The van der Waals surface area contributed by atoms with E-state index in [9.17, 15) is 0 Å². The molecule has 1 aromatic carbocycles. The number of benzene rings is 1. The van der Waals surface area contributed by atoms with Crippen molar-refractivity contribution >= 4 is 34.4 Å². The van der Waals surface area contributed by atoms with Crippen molar-refractivity contribution in [3.8, 4) is 0 Å². The topological polar surface area (TPSA) is 78.5 Å². The molecule has 2 heterocycles. The van der Waals surface area contributed by atoms with Gasteiger partial charge in [0.05, 0.1) is 11.6 Å². The van der Waals surface area contributed by atoms with Gasteiger partial charge in [-0.3, -0.25) is 5.10 Å². The van der Waals surface area contributed by atoms with Crippen LogP contribution in [0.4, 0.5) is 11.8 Å². The maximum absolute atomic E-state index is 5.88. The van der Waals surface area contributed by atoms with Crippen molar-refractivity contribution in [3.63, 3.8) is 0 Å². The Balaban J connectivity index is 1.72. The molecule has 0 spiro atoms. The van der Waals surface area contributed by atoms with E-state index >= 15 is 0 Å². The third-order valence-electron chi connectivity index (χ3n) is 3.15. The number of rotatable bonds is 5. The quantitative estimate of drug-likeness (QED) is 0.675. The first-order valence-electron chi connectivity index (χ1n) is 6.63. The van der Waals surface area contributed by atoms with Crippen LogP contribution in [0.5, 0.6) is 0 Å². The minimum atomic E-state index is 0.556. The minimum Gasteiger partial charge on any atom is -0.369 e. The van der Waals surface area contributed by atoms with Crippen LogP contribution < -0.4 is 10.6 Å². The van der Waals surface area contributed by atoms with Crippen LogP contribution in [0.25, 0.3) is 11.0 Å². The molecule has 0 saturated heterocycles. The van der Waals surface area contributed by atoms with Crippen molar-refractivity contribution in [2.45, 2.75) is 6.42 Å². The third kappa shape index (κ3) is 3.05. The van der Waals surface area contributed by atoms with Gasteiger partial charge >= 0.3 is 0 Å². The number of aromatic amines is 1. The number of fused-ring (bicyclic) bond motifs is 1. The Hall–Kier alpha value is -2.34. The van der Waals surface area contributed by atoms with Crippen LogP contribution in [0.3, 0.4) is 0 Å². The van der Waals surface area contributed by atoms with Gasteiger partial charge in [-0.1, -0.05) is 23.7 Å². The van der Waals surface area contributed by atoms with E-state index in [-0.39, 0.29) is 0 Å². The van der Waals surface area contributed by atoms with Gasteiger partial charge in [0.1, 0.15) is 5.82 Å². The average Bonchev–Trinajstić information content (AvgIpc) is 2.97.